The molecule has 144 valence electrons. The molecule has 2 aliphatic rings. The van der Waals surface area contributed by atoms with Gasteiger partial charge in [0.1, 0.15) is 5.75 Å². The van der Waals surface area contributed by atoms with Gasteiger partial charge in [-0.3, -0.25) is 9.78 Å². The molecule has 1 aliphatic carbocycles. The number of aromatic nitrogens is 1. The molecule has 2 fully saturated rings. The zero-order chi connectivity index (χ0) is 18.5. The van der Waals surface area contributed by atoms with E-state index in [2.05, 4.69) is 15.6 Å². The first-order valence-corrected chi connectivity index (χ1v) is 9.88. The van der Waals surface area contributed by atoms with Crippen LogP contribution in [-0.4, -0.2) is 49.3 Å². The minimum absolute atomic E-state index is 0.0919. The van der Waals surface area contributed by atoms with Gasteiger partial charge in [0.05, 0.1) is 25.2 Å². The van der Waals surface area contributed by atoms with E-state index < -0.39 is 0 Å². The van der Waals surface area contributed by atoms with Crippen molar-refractivity contribution in [3.63, 3.8) is 0 Å². The Bertz CT molecular complexity index is 761. The van der Waals surface area contributed by atoms with E-state index in [4.69, 9.17) is 9.47 Å². The second-order valence-corrected chi connectivity index (χ2v) is 7.43. The number of nitrogens with one attached hydrogen (secondary N) is 2. The lowest BCUT2D eigenvalue weighted by Gasteiger charge is -2.30. The number of nitrogens with zero attached hydrogens (tertiary/aromatic N) is 1. The largest absolute Gasteiger partial charge is 0.490 e. The van der Waals surface area contributed by atoms with Gasteiger partial charge in [-0.05, 0) is 37.8 Å². The van der Waals surface area contributed by atoms with Crippen molar-refractivity contribution in [1.29, 1.82) is 0 Å². The maximum Gasteiger partial charge on any atom is 0.226 e. The molecule has 6 heteroatoms. The minimum Gasteiger partial charge on any atom is -0.490 e. The van der Waals surface area contributed by atoms with Gasteiger partial charge in [-0.15, -0.1) is 0 Å². The first kappa shape index (κ1) is 18.2. The Morgan fingerprint density at radius 3 is 3.00 bits per heavy atom. The normalized spacial score (nSPS) is 26.3. The third kappa shape index (κ3) is 4.57. The highest BCUT2D eigenvalue weighted by atomic mass is 16.5. The summed E-state index contributed by atoms with van der Waals surface area (Å²) in [6.45, 7) is 2.69. The second-order valence-electron chi connectivity index (χ2n) is 7.43. The Labute approximate surface area is 159 Å². The summed E-state index contributed by atoms with van der Waals surface area (Å²) in [6.07, 6.45) is 7.65. The smallest absolute Gasteiger partial charge is 0.226 e. The Morgan fingerprint density at radius 1 is 1.22 bits per heavy atom. The number of ether oxygens (including phenoxy) is 2. The number of rotatable bonds is 4. The molecule has 1 atom stereocenters. The molecule has 0 spiro atoms. The molecule has 2 N–H and O–H groups in total. The summed E-state index contributed by atoms with van der Waals surface area (Å²) < 4.78 is 11.8. The molecular weight excluding hydrogens is 342 g/mol. The van der Waals surface area contributed by atoms with E-state index in [-0.39, 0.29) is 24.0 Å². The van der Waals surface area contributed by atoms with Crippen LogP contribution in [0.3, 0.4) is 0 Å². The lowest BCUT2D eigenvalue weighted by molar-refractivity contribution is -0.127. The van der Waals surface area contributed by atoms with Crippen molar-refractivity contribution in [3.05, 3.63) is 36.7 Å². The number of carbonyl (C=O) groups is 1. The van der Waals surface area contributed by atoms with Crippen LogP contribution in [0.1, 0.15) is 25.7 Å². The number of hydrogen-bond acceptors (Lipinski definition) is 5. The third-order valence-electron chi connectivity index (χ3n) is 5.46. The number of fused-ring (bicyclic) bond motifs is 1. The maximum atomic E-state index is 12.5. The predicted octanol–water partition coefficient (Wildman–Crippen LogP) is 2.28. The van der Waals surface area contributed by atoms with Crippen molar-refractivity contribution in [2.75, 3.05) is 26.3 Å². The van der Waals surface area contributed by atoms with Crippen LogP contribution in [0.2, 0.25) is 0 Å². The van der Waals surface area contributed by atoms with Gasteiger partial charge < -0.3 is 20.1 Å². The number of amides is 1. The van der Waals surface area contributed by atoms with Crippen LogP contribution in [0, 0.1) is 5.92 Å². The van der Waals surface area contributed by atoms with E-state index in [0.717, 1.165) is 48.8 Å². The van der Waals surface area contributed by atoms with E-state index >= 15 is 0 Å². The summed E-state index contributed by atoms with van der Waals surface area (Å²) in [5.74, 6) is 0.935. The molecule has 1 aliphatic heterocycles. The van der Waals surface area contributed by atoms with E-state index in [1.807, 2.05) is 30.5 Å². The van der Waals surface area contributed by atoms with Gasteiger partial charge in [0, 0.05) is 42.3 Å². The van der Waals surface area contributed by atoms with Crippen LogP contribution in [0.4, 0.5) is 0 Å². The van der Waals surface area contributed by atoms with Crippen molar-refractivity contribution in [2.45, 2.75) is 37.8 Å². The Kier molecular flexibility index (Phi) is 5.84. The van der Waals surface area contributed by atoms with Gasteiger partial charge >= 0.3 is 0 Å². The van der Waals surface area contributed by atoms with Crippen LogP contribution < -0.4 is 15.4 Å². The van der Waals surface area contributed by atoms with Crippen molar-refractivity contribution in [1.82, 2.24) is 15.6 Å². The summed E-state index contributed by atoms with van der Waals surface area (Å²) in [5.41, 5.74) is 0. The van der Waals surface area contributed by atoms with Crippen LogP contribution in [0.25, 0.3) is 10.8 Å². The molecule has 0 bridgehead atoms. The van der Waals surface area contributed by atoms with Crippen LogP contribution >= 0.6 is 0 Å². The van der Waals surface area contributed by atoms with Crippen LogP contribution in [0.15, 0.2) is 36.7 Å². The Hall–Kier alpha value is -2.18. The van der Waals surface area contributed by atoms with Gasteiger partial charge in [0.25, 0.3) is 0 Å². The molecule has 1 amide bonds. The van der Waals surface area contributed by atoms with Crippen molar-refractivity contribution in [3.8, 4) is 5.75 Å². The fourth-order valence-electron chi connectivity index (χ4n) is 3.89. The van der Waals surface area contributed by atoms with Crippen molar-refractivity contribution in [2.24, 2.45) is 5.92 Å². The lowest BCUT2D eigenvalue weighted by atomic mass is 9.92. The summed E-state index contributed by atoms with van der Waals surface area (Å²) in [5, 5.41) is 8.66. The van der Waals surface area contributed by atoms with Gasteiger partial charge in [-0.1, -0.05) is 12.1 Å². The molecule has 1 aromatic carbocycles. The molecule has 27 heavy (non-hydrogen) atoms. The van der Waals surface area contributed by atoms with Crippen molar-refractivity contribution >= 4 is 16.7 Å². The fourth-order valence-corrected chi connectivity index (χ4v) is 3.89. The van der Waals surface area contributed by atoms with Gasteiger partial charge in [-0.25, -0.2) is 0 Å². The van der Waals surface area contributed by atoms with E-state index in [0.29, 0.717) is 19.8 Å². The third-order valence-corrected chi connectivity index (χ3v) is 5.46. The molecule has 2 aromatic rings. The number of hydrogen-bond donors (Lipinski definition) is 2. The van der Waals surface area contributed by atoms with E-state index in [9.17, 15) is 4.79 Å². The highest BCUT2D eigenvalue weighted by molar-refractivity contribution is 5.87. The molecular formula is C21H27N3O3. The van der Waals surface area contributed by atoms with Crippen LogP contribution in [0.5, 0.6) is 5.75 Å². The van der Waals surface area contributed by atoms with E-state index in [1.165, 1.54) is 0 Å². The molecule has 1 unspecified atom stereocenters. The summed E-state index contributed by atoms with van der Waals surface area (Å²) in [4.78, 5) is 16.6. The Morgan fingerprint density at radius 2 is 2.11 bits per heavy atom. The van der Waals surface area contributed by atoms with Gasteiger partial charge in [-0.2, -0.15) is 0 Å². The fraction of sp³-hybridized carbons (Fsp3) is 0.524. The number of pyridine rings is 1. The quantitative estimate of drug-likeness (QED) is 0.865. The Balaban J connectivity index is 1.29. The van der Waals surface area contributed by atoms with Crippen LogP contribution in [-0.2, 0) is 9.53 Å². The predicted molar refractivity (Wildman–Crippen MR) is 104 cm³/mol. The summed E-state index contributed by atoms with van der Waals surface area (Å²) >= 11 is 0. The average molecular weight is 369 g/mol. The van der Waals surface area contributed by atoms with Crippen molar-refractivity contribution < 1.29 is 14.3 Å². The SMILES string of the molecule is O=C(NC1CCC(Oc2cccc3cnccc23)CC1)C1CNCCOC1. The molecule has 4 rings (SSSR count). The highest BCUT2D eigenvalue weighted by Gasteiger charge is 2.27. The topological polar surface area (TPSA) is 72.5 Å². The minimum atomic E-state index is -0.0919. The second kappa shape index (κ2) is 8.67. The standard InChI is InChI=1S/C21H27N3O3/c25-21(16-13-23-10-11-26-14-16)24-17-4-6-18(7-5-17)27-20-3-1-2-15-12-22-9-8-19(15)20/h1-3,8-9,12,16-18,23H,4-7,10-11,13-14H2,(H,24,25). The summed E-state index contributed by atoms with van der Waals surface area (Å²) in [7, 11) is 0. The summed E-state index contributed by atoms with van der Waals surface area (Å²) in [6, 6.07) is 8.31. The first-order valence-electron chi connectivity index (χ1n) is 9.88. The average Bonchev–Trinajstić information content (AvgIpc) is 2.99. The first-order chi connectivity index (χ1) is 13.3. The number of carbonyl (C=O) groups excluding carboxylic acids is 1. The lowest BCUT2D eigenvalue weighted by Crippen LogP contribution is -2.45. The molecule has 1 saturated heterocycles. The highest BCUT2D eigenvalue weighted by Crippen LogP contribution is 2.29. The van der Waals surface area contributed by atoms with Gasteiger partial charge in [0.2, 0.25) is 5.91 Å². The zero-order valence-corrected chi connectivity index (χ0v) is 15.5. The zero-order valence-electron chi connectivity index (χ0n) is 15.5. The number of benzene rings is 1. The molecule has 1 aromatic heterocycles. The van der Waals surface area contributed by atoms with Gasteiger partial charge in [0.15, 0.2) is 0 Å². The monoisotopic (exact) mass is 369 g/mol. The molecule has 0 radical (unpaired) electrons. The van der Waals surface area contributed by atoms with E-state index in [1.54, 1.807) is 6.20 Å². The molecule has 1 saturated carbocycles. The molecule has 6 nitrogen and oxygen atoms in total. The maximum absolute atomic E-state index is 12.5. The molecule has 2 heterocycles.